The Morgan fingerprint density at radius 1 is 0.344 bits per heavy atom. The van der Waals surface area contributed by atoms with E-state index in [2.05, 4.69) is 234 Å². The predicted molar refractivity (Wildman–Crippen MR) is 257 cm³/mol. The fourth-order valence-corrected chi connectivity index (χ4v) is 9.43. The van der Waals surface area contributed by atoms with Crippen molar-refractivity contribution in [3.63, 3.8) is 0 Å². The number of furan rings is 1. The van der Waals surface area contributed by atoms with E-state index in [0.717, 1.165) is 72.4 Å². The molecule has 0 aliphatic heterocycles. The van der Waals surface area contributed by atoms with Crippen LogP contribution in [0.2, 0.25) is 0 Å². The molecule has 12 rings (SSSR count). The molecule has 3 heteroatoms. The average molecular weight is 779 g/mol. The summed E-state index contributed by atoms with van der Waals surface area (Å²) in [6.45, 7) is 0. The molecule has 0 N–H and O–H groups in total. The molecular formula is C58H38N2O. The number of nitrogens with zero attached hydrogens (tertiary/aromatic N) is 2. The van der Waals surface area contributed by atoms with Gasteiger partial charge in [-0.2, -0.15) is 0 Å². The number of aromatic nitrogens is 1. The topological polar surface area (TPSA) is 21.3 Å². The Labute approximate surface area is 353 Å². The lowest BCUT2D eigenvalue weighted by atomic mass is 9.96. The van der Waals surface area contributed by atoms with E-state index in [0.29, 0.717) is 0 Å². The molecule has 2 aromatic heterocycles. The van der Waals surface area contributed by atoms with Crippen LogP contribution in [0.5, 0.6) is 0 Å². The molecule has 0 atom stereocenters. The van der Waals surface area contributed by atoms with E-state index >= 15 is 0 Å². The minimum atomic E-state index is 0.893. The molecule has 0 radical (unpaired) electrons. The van der Waals surface area contributed by atoms with Gasteiger partial charge in [0.2, 0.25) is 0 Å². The summed E-state index contributed by atoms with van der Waals surface area (Å²) in [6.07, 6.45) is 0. The zero-order valence-electron chi connectivity index (χ0n) is 33.2. The Kier molecular flexibility index (Phi) is 8.17. The third-order valence-corrected chi connectivity index (χ3v) is 12.2. The molecule has 2 heterocycles. The maximum atomic E-state index is 6.63. The summed E-state index contributed by atoms with van der Waals surface area (Å²) in [5.41, 5.74) is 15.3. The number of rotatable bonds is 7. The van der Waals surface area contributed by atoms with E-state index in [1.54, 1.807) is 0 Å². The third kappa shape index (κ3) is 5.74. The maximum absolute atomic E-state index is 6.63. The fourth-order valence-electron chi connectivity index (χ4n) is 9.43. The second-order valence-electron chi connectivity index (χ2n) is 15.6. The highest BCUT2D eigenvalue weighted by Gasteiger charge is 2.23. The van der Waals surface area contributed by atoms with Crippen LogP contribution in [0.1, 0.15) is 0 Å². The Bertz CT molecular complexity index is 3590. The molecule has 0 aliphatic carbocycles. The van der Waals surface area contributed by atoms with Gasteiger partial charge in [0.05, 0.1) is 22.4 Å². The van der Waals surface area contributed by atoms with E-state index in [-0.39, 0.29) is 0 Å². The van der Waals surface area contributed by atoms with Gasteiger partial charge in [0.25, 0.3) is 0 Å². The van der Waals surface area contributed by atoms with E-state index in [4.69, 9.17) is 4.42 Å². The third-order valence-electron chi connectivity index (χ3n) is 12.2. The molecule has 0 unspecified atom stereocenters. The smallest absolute Gasteiger partial charge is 0.143 e. The van der Waals surface area contributed by atoms with Crippen LogP contribution in [-0.4, -0.2) is 4.57 Å². The number of hydrogen-bond acceptors (Lipinski definition) is 2. The second kappa shape index (κ2) is 14.3. The molecule has 0 fully saturated rings. The van der Waals surface area contributed by atoms with Gasteiger partial charge in [0.15, 0.2) is 0 Å². The van der Waals surface area contributed by atoms with Crippen LogP contribution in [-0.2, 0) is 0 Å². The van der Waals surface area contributed by atoms with Crippen molar-refractivity contribution < 1.29 is 4.42 Å². The van der Waals surface area contributed by atoms with Crippen molar-refractivity contribution in [1.29, 1.82) is 0 Å². The molecular weight excluding hydrogens is 741 g/mol. The largest absolute Gasteiger partial charge is 0.455 e. The van der Waals surface area contributed by atoms with Crippen molar-refractivity contribution >= 4 is 71.6 Å². The van der Waals surface area contributed by atoms with Gasteiger partial charge in [-0.15, -0.1) is 0 Å². The van der Waals surface area contributed by atoms with Crippen LogP contribution in [0.3, 0.4) is 0 Å². The standard InChI is InChI=1S/C58H38N2O/c1-2-16-39(17-3-1)40-32-34-42(35-33-40)59(53-28-10-6-21-46(53)45-25-14-19-41-18-4-5-20-44(41)45)43-36-37-49-47-22-7-11-29-54(47)60(56(49)38-43)55-30-12-8-23-48(55)51-26-15-27-52-50-24-9-13-31-57(50)61-58(51)52/h1-38H. The molecule has 0 bridgehead atoms. The van der Waals surface area contributed by atoms with Crippen LogP contribution in [0.15, 0.2) is 235 Å². The first-order valence-corrected chi connectivity index (χ1v) is 20.8. The predicted octanol–water partition coefficient (Wildman–Crippen LogP) is 16.3. The summed E-state index contributed by atoms with van der Waals surface area (Å²) in [5.74, 6) is 0. The Morgan fingerprint density at radius 3 is 1.82 bits per heavy atom. The summed E-state index contributed by atoms with van der Waals surface area (Å²) in [4.78, 5) is 2.42. The normalized spacial score (nSPS) is 11.6. The highest BCUT2D eigenvalue weighted by molar-refractivity contribution is 6.13. The van der Waals surface area contributed by atoms with E-state index in [1.165, 1.54) is 38.2 Å². The molecule has 286 valence electrons. The first kappa shape index (κ1) is 34.9. The van der Waals surface area contributed by atoms with Gasteiger partial charge in [0.1, 0.15) is 11.2 Å². The average Bonchev–Trinajstić information content (AvgIpc) is 3.88. The Hall–Kier alpha value is -8.14. The van der Waals surface area contributed by atoms with Gasteiger partial charge in [-0.1, -0.05) is 182 Å². The molecule has 0 saturated carbocycles. The molecule has 61 heavy (non-hydrogen) atoms. The van der Waals surface area contributed by atoms with Crippen LogP contribution in [0, 0.1) is 0 Å². The lowest BCUT2D eigenvalue weighted by Gasteiger charge is -2.28. The van der Waals surface area contributed by atoms with Gasteiger partial charge >= 0.3 is 0 Å². The zero-order valence-corrected chi connectivity index (χ0v) is 33.2. The minimum Gasteiger partial charge on any atom is -0.455 e. The second-order valence-corrected chi connectivity index (χ2v) is 15.6. The van der Waals surface area contributed by atoms with Crippen LogP contribution < -0.4 is 4.90 Å². The highest BCUT2D eigenvalue weighted by Crippen LogP contribution is 2.46. The van der Waals surface area contributed by atoms with Crippen molar-refractivity contribution in [3.8, 4) is 39.1 Å². The molecule has 3 nitrogen and oxygen atoms in total. The number of benzene rings is 10. The summed E-state index contributed by atoms with van der Waals surface area (Å²) in [7, 11) is 0. The molecule has 0 saturated heterocycles. The van der Waals surface area contributed by atoms with Gasteiger partial charge in [0, 0.05) is 49.6 Å². The molecule has 0 amide bonds. The van der Waals surface area contributed by atoms with Gasteiger partial charge < -0.3 is 13.9 Å². The summed E-state index contributed by atoms with van der Waals surface area (Å²) in [5, 5.41) is 7.08. The van der Waals surface area contributed by atoms with Gasteiger partial charge in [-0.25, -0.2) is 0 Å². The van der Waals surface area contributed by atoms with Crippen molar-refractivity contribution in [1.82, 2.24) is 4.57 Å². The lowest BCUT2D eigenvalue weighted by Crippen LogP contribution is -2.11. The van der Waals surface area contributed by atoms with Crippen molar-refractivity contribution in [2.24, 2.45) is 0 Å². The quantitative estimate of drug-likeness (QED) is 0.161. The highest BCUT2D eigenvalue weighted by atomic mass is 16.3. The SMILES string of the molecule is c1ccc(-c2ccc(N(c3ccc4c5ccccc5n(-c5ccccc5-c5cccc6c5oc5ccccc56)c4c3)c3ccccc3-c3cccc4ccccc34)cc2)cc1. The van der Waals surface area contributed by atoms with Crippen LogP contribution >= 0.6 is 0 Å². The Morgan fingerprint density at radius 2 is 0.934 bits per heavy atom. The lowest BCUT2D eigenvalue weighted by molar-refractivity contribution is 0.670. The Balaban J connectivity index is 1.10. The number of para-hydroxylation sites is 5. The number of fused-ring (bicyclic) bond motifs is 7. The number of anilines is 3. The summed E-state index contributed by atoms with van der Waals surface area (Å²) >= 11 is 0. The molecule has 0 spiro atoms. The van der Waals surface area contributed by atoms with Crippen molar-refractivity contribution in [2.75, 3.05) is 4.90 Å². The zero-order chi connectivity index (χ0) is 40.3. The van der Waals surface area contributed by atoms with E-state index in [1.807, 2.05) is 6.07 Å². The number of hydrogen-bond donors (Lipinski definition) is 0. The van der Waals surface area contributed by atoms with Gasteiger partial charge in [-0.05, 0) is 76.0 Å². The first-order valence-electron chi connectivity index (χ1n) is 20.8. The van der Waals surface area contributed by atoms with Crippen molar-refractivity contribution in [3.05, 3.63) is 231 Å². The molecule has 12 aromatic rings. The monoisotopic (exact) mass is 778 g/mol. The molecule has 10 aromatic carbocycles. The summed E-state index contributed by atoms with van der Waals surface area (Å²) in [6, 6.07) is 83.0. The van der Waals surface area contributed by atoms with Crippen LogP contribution in [0.4, 0.5) is 17.1 Å². The van der Waals surface area contributed by atoms with E-state index in [9.17, 15) is 0 Å². The first-order chi connectivity index (χ1) is 30.3. The van der Waals surface area contributed by atoms with Crippen LogP contribution in [0.25, 0.3) is 93.6 Å². The van der Waals surface area contributed by atoms with Crippen molar-refractivity contribution in [2.45, 2.75) is 0 Å². The fraction of sp³-hybridized carbons (Fsp3) is 0. The maximum Gasteiger partial charge on any atom is 0.143 e. The van der Waals surface area contributed by atoms with E-state index < -0.39 is 0 Å². The van der Waals surface area contributed by atoms with Gasteiger partial charge in [-0.3, -0.25) is 0 Å². The molecule has 0 aliphatic rings. The summed E-state index contributed by atoms with van der Waals surface area (Å²) < 4.78 is 9.07. The minimum absolute atomic E-state index is 0.893.